The Labute approximate surface area is 85.7 Å². The highest BCUT2D eigenvalue weighted by atomic mass is 35.5. The molecule has 13 heavy (non-hydrogen) atoms. The summed E-state index contributed by atoms with van der Waals surface area (Å²) in [6.45, 7) is 1.86. The zero-order chi connectivity index (χ0) is 9.26. The van der Waals surface area contributed by atoms with E-state index in [-0.39, 0.29) is 5.28 Å². The van der Waals surface area contributed by atoms with Crippen molar-refractivity contribution in [3.63, 3.8) is 0 Å². The molecule has 0 spiro atoms. The maximum absolute atomic E-state index is 5.85. The Morgan fingerprint density at radius 3 is 2.85 bits per heavy atom. The van der Waals surface area contributed by atoms with Gasteiger partial charge in [-0.3, -0.25) is 0 Å². The minimum absolute atomic E-state index is 0.208. The van der Waals surface area contributed by atoms with E-state index in [9.17, 15) is 0 Å². The van der Waals surface area contributed by atoms with Crippen molar-refractivity contribution in [1.82, 2.24) is 15.3 Å². The van der Waals surface area contributed by atoms with Crippen LogP contribution in [0.3, 0.4) is 0 Å². The van der Waals surface area contributed by atoms with Gasteiger partial charge in [-0.2, -0.15) is 4.98 Å². The number of rotatable bonds is 2. The number of nitrogens with zero attached hydrogens (tertiary/aromatic N) is 2. The maximum Gasteiger partial charge on any atom is 0.224 e. The minimum atomic E-state index is 0.208. The highest BCUT2D eigenvalue weighted by Gasteiger charge is 2.18. The van der Waals surface area contributed by atoms with Crippen LogP contribution < -0.4 is 10.6 Å². The van der Waals surface area contributed by atoms with Gasteiger partial charge in [-0.1, -0.05) is 11.6 Å². The fraction of sp³-hybridized carbons (Fsp3) is 0.429. The van der Waals surface area contributed by atoms with Crippen molar-refractivity contribution < 1.29 is 0 Å². The van der Waals surface area contributed by atoms with Crippen molar-refractivity contribution in [1.29, 1.82) is 0 Å². The molecule has 1 aliphatic rings. The van der Waals surface area contributed by atoms with E-state index in [0.717, 1.165) is 13.1 Å². The summed E-state index contributed by atoms with van der Waals surface area (Å²) in [6.07, 6.45) is 1.49. The number of nitrogens with one attached hydrogen (secondary N) is 2. The second-order valence-corrected chi connectivity index (χ2v) is 3.58. The van der Waals surface area contributed by atoms with Crippen LogP contribution in [0.1, 0.15) is 0 Å². The van der Waals surface area contributed by atoms with Crippen LogP contribution in [0.4, 0.5) is 5.82 Å². The van der Waals surface area contributed by atoms with Crippen molar-refractivity contribution in [3.8, 4) is 0 Å². The Morgan fingerprint density at radius 1 is 1.46 bits per heavy atom. The van der Waals surface area contributed by atoms with Gasteiger partial charge in [0.2, 0.25) is 5.28 Å². The molecule has 2 rings (SSSR count). The molecule has 0 atom stereocenters. The molecule has 0 bridgehead atoms. The second kappa shape index (κ2) is 3.65. The lowest BCUT2D eigenvalue weighted by Crippen LogP contribution is -2.51. The lowest BCUT2D eigenvalue weighted by atomic mass is 10.2. The Morgan fingerprint density at radius 2 is 2.23 bits per heavy atom. The summed E-state index contributed by atoms with van der Waals surface area (Å²) < 4.78 is 0. The summed E-state index contributed by atoms with van der Waals surface area (Å²) in [5, 5.41) is 7.00. The van der Waals surface area contributed by atoms with Crippen LogP contribution in [0.15, 0.2) is 6.20 Å². The van der Waals surface area contributed by atoms with Gasteiger partial charge in [0.25, 0.3) is 0 Å². The SMILES string of the molecule is Clc1ncc(Cl)c(NC2CNC2)n1. The highest BCUT2D eigenvalue weighted by Crippen LogP contribution is 2.20. The Balaban J connectivity index is 2.13. The second-order valence-electron chi connectivity index (χ2n) is 2.84. The molecule has 1 fully saturated rings. The molecule has 0 aromatic carbocycles. The monoisotopic (exact) mass is 218 g/mol. The molecular weight excluding hydrogens is 211 g/mol. The van der Waals surface area contributed by atoms with Gasteiger partial charge in [0, 0.05) is 13.1 Å². The van der Waals surface area contributed by atoms with Gasteiger partial charge in [-0.15, -0.1) is 0 Å². The average molecular weight is 219 g/mol. The molecule has 2 N–H and O–H groups in total. The van der Waals surface area contributed by atoms with E-state index in [1.54, 1.807) is 0 Å². The van der Waals surface area contributed by atoms with Gasteiger partial charge in [-0.25, -0.2) is 4.98 Å². The Bertz CT molecular complexity index is 313. The van der Waals surface area contributed by atoms with E-state index in [0.29, 0.717) is 16.9 Å². The summed E-state index contributed by atoms with van der Waals surface area (Å²) in [5.74, 6) is 0.605. The van der Waals surface area contributed by atoms with E-state index in [1.165, 1.54) is 6.20 Å². The Hall–Kier alpha value is -0.580. The summed E-state index contributed by atoms with van der Waals surface area (Å²) in [4.78, 5) is 7.74. The molecule has 0 unspecified atom stereocenters. The minimum Gasteiger partial charge on any atom is -0.363 e. The molecule has 1 aromatic heterocycles. The Kier molecular flexibility index (Phi) is 2.53. The molecule has 4 nitrogen and oxygen atoms in total. The molecule has 6 heteroatoms. The van der Waals surface area contributed by atoms with Gasteiger partial charge in [0.1, 0.15) is 10.8 Å². The van der Waals surface area contributed by atoms with Crippen molar-refractivity contribution in [3.05, 3.63) is 16.5 Å². The molecule has 1 aliphatic heterocycles. The number of aromatic nitrogens is 2. The standard InChI is InChI=1S/C7H8Cl2N4/c8-5-3-11-7(9)13-6(5)12-4-1-10-2-4/h3-4,10H,1-2H2,(H,11,12,13). The van der Waals surface area contributed by atoms with Gasteiger partial charge in [0.15, 0.2) is 0 Å². The van der Waals surface area contributed by atoms with Crippen LogP contribution in [0.2, 0.25) is 10.3 Å². The zero-order valence-corrected chi connectivity index (χ0v) is 8.23. The number of anilines is 1. The van der Waals surface area contributed by atoms with E-state index in [2.05, 4.69) is 20.6 Å². The molecule has 70 valence electrons. The van der Waals surface area contributed by atoms with E-state index < -0.39 is 0 Å². The van der Waals surface area contributed by atoms with Crippen LogP contribution in [0.25, 0.3) is 0 Å². The maximum atomic E-state index is 5.85. The third kappa shape index (κ3) is 2.02. The quantitative estimate of drug-likeness (QED) is 0.733. The molecule has 0 saturated carbocycles. The molecule has 2 heterocycles. The summed E-state index contributed by atoms with van der Waals surface area (Å²) in [5.41, 5.74) is 0. The molecule has 1 aromatic rings. The van der Waals surface area contributed by atoms with Gasteiger partial charge >= 0.3 is 0 Å². The van der Waals surface area contributed by atoms with Crippen LogP contribution >= 0.6 is 23.2 Å². The smallest absolute Gasteiger partial charge is 0.224 e. The van der Waals surface area contributed by atoms with E-state index >= 15 is 0 Å². The van der Waals surface area contributed by atoms with E-state index in [4.69, 9.17) is 23.2 Å². The third-order valence-electron chi connectivity index (χ3n) is 1.84. The molecule has 0 amide bonds. The van der Waals surface area contributed by atoms with Crippen LogP contribution in [0.5, 0.6) is 0 Å². The fourth-order valence-electron chi connectivity index (χ4n) is 1.03. The predicted molar refractivity (Wildman–Crippen MR) is 52.3 cm³/mol. The first-order valence-corrected chi connectivity index (χ1v) is 4.66. The molecule has 1 saturated heterocycles. The average Bonchev–Trinajstić information content (AvgIpc) is 2.03. The number of hydrogen-bond donors (Lipinski definition) is 2. The third-order valence-corrected chi connectivity index (χ3v) is 2.30. The largest absolute Gasteiger partial charge is 0.363 e. The van der Waals surface area contributed by atoms with Crippen LogP contribution in [-0.4, -0.2) is 29.1 Å². The number of halogens is 2. The molecular formula is C7H8Cl2N4. The fourth-order valence-corrected chi connectivity index (χ4v) is 1.31. The first-order chi connectivity index (χ1) is 6.25. The predicted octanol–water partition coefficient (Wildman–Crippen LogP) is 1.17. The van der Waals surface area contributed by atoms with Crippen LogP contribution in [-0.2, 0) is 0 Å². The van der Waals surface area contributed by atoms with Crippen molar-refractivity contribution in [2.45, 2.75) is 6.04 Å². The lowest BCUT2D eigenvalue weighted by molar-refractivity contribution is 0.471. The van der Waals surface area contributed by atoms with Crippen molar-refractivity contribution in [2.75, 3.05) is 18.4 Å². The van der Waals surface area contributed by atoms with Crippen LogP contribution in [0, 0.1) is 0 Å². The normalized spacial score (nSPS) is 16.8. The highest BCUT2D eigenvalue weighted by molar-refractivity contribution is 6.33. The topological polar surface area (TPSA) is 49.8 Å². The van der Waals surface area contributed by atoms with Gasteiger partial charge in [-0.05, 0) is 11.6 Å². The first kappa shape index (κ1) is 8.99. The lowest BCUT2D eigenvalue weighted by Gasteiger charge is -2.28. The zero-order valence-electron chi connectivity index (χ0n) is 6.72. The van der Waals surface area contributed by atoms with E-state index in [1.807, 2.05) is 0 Å². The number of hydrogen-bond acceptors (Lipinski definition) is 4. The van der Waals surface area contributed by atoms with Gasteiger partial charge in [0.05, 0.1) is 12.2 Å². The molecule has 0 aliphatic carbocycles. The van der Waals surface area contributed by atoms with Crippen molar-refractivity contribution in [2.24, 2.45) is 0 Å². The first-order valence-electron chi connectivity index (χ1n) is 3.91. The summed E-state index contributed by atoms with van der Waals surface area (Å²) >= 11 is 11.5. The summed E-state index contributed by atoms with van der Waals surface area (Å²) in [6, 6.07) is 0.392. The summed E-state index contributed by atoms with van der Waals surface area (Å²) in [7, 11) is 0. The van der Waals surface area contributed by atoms with Crippen molar-refractivity contribution >= 4 is 29.0 Å². The molecule has 0 radical (unpaired) electrons. The van der Waals surface area contributed by atoms with Gasteiger partial charge < -0.3 is 10.6 Å².